The molecule has 1 unspecified atom stereocenters. The van der Waals surface area contributed by atoms with Crippen molar-refractivity contribution in [2.45, 2.75) is 19.9 Å². The summed E-state index contributed by atoms with van der Waals surface area (Å²) in [4.78, 5) is 0. The van der Waals surface area contributed by atoms with Gasteiger partial charge >= 0.3 is 0 Å². The Kier molecular flexibility index (Phi) is 7.58. The molecule has 1 aromatic carbocycles. The Hall–Kier alpha value is -0.370. The predicted octanol–water partition coefficient (Wildman–Crippen LogP) is 2.29. The van der Waals surface area contributed by atoms with Crippen LogP contribution < -0.4 is 5.32 Å². The summed E-state index contributed by atoms with van der Waals surface area (Å²) in [6.45, 7) is 6.40. The molecule has 126 valence electrons. The fourth-order valence-corrected chi connectivity index (χ4v) is 4.65. The lowest BCUT2D eigenvalue weighted by atomic mass is 10.1. The van der Waals surface area contributed by atoms with Crippen LogP contribution in [0.15, 0.2) is 24.3 Å². The Morgan fingerprint density at radius 2 is 2.05 bits per heavy atom. The molecule has 1 aliphatic rings. The van der Waals surface area contributed by atoms with Crippen molar-refractivity contribution in [3.05, 3.63) is 34.9 Å². The maximum atomic E-state index is 12.8. The summed E-state index contributed by atoms with van der Waals surface area (Å²) in [5.41, 5.74) is 0.922. The van der Waals surface area contributed by atoms with Crippen LogP contribution in [0.25, 0.3) is 0 Å². The molecule has 0 spiro atoms. The van der Waals surface area contributed by atoms with Gasteiger partial charge in [-0.25, -0.2) is 0 Å². The quantitative estimate of drug-likeness (QED) is 0.868. The monoisotopic (exact) mass is 367 g/mol. The van der Waals surface area contributed by atoms with Gasteiger partial charge in [-0.2, -0.15) is 17.0 Å². The standard InChI is InChI=1S/C14H22ClN3O2S.ClH/c1-3-17(4-2)21(19,20)18-9-8-16-11-14(18)12-6-5-7-13(15)10-12;/h5-7,10,14,16H,3-4,8-9,11H2,1-2H3;1H. The topological polar surface area (TPSA) is 52.7 Å². The van der Waals surface area contributed by atoms with Gasteiger partial charge in [0.05, 0.1) is 6.04 Å². The summed E-state index contributed by atoms with van der Waals surface area (Å²) in [5.74, 6) is 0. The number of halogens is 2. The minimum absolute atomic E-state index is 0. The molecular formula is C14H23Cl2N3O2S. The fraction of sp³-hybridized carbons (Fsp3) is 0.571. The number of hydrogen-bond donors (Lipinski definition) is 1. The van der Waals surface area contributed by atoms with Crippen LogP contribution in [0, 0.1) is 0 Å². The largest absolute Gasteiger partial charge is 0.313 e. The molecule has 0 saturated carbocycles. The van der Waals surface area contributed by atoms with Gasteiger partial charge in [0.2, 0.25) is 0 Å². The first-order valence-corrected chi connectivity index (χ1v) is 9.01. The van der Waals surface area contributed by atoms with Crippen molar-refractivity contribution in [2.24, 2.45) is 0 Å². The molecule has 0 amide bonds. The number of benzene rings is 1. The maximum absolute atomic E-state index is 12.8. The Morgan fingerprint density at radius 3 is 2.64 bits per heavy atom. The number of nitrogens with one attached hydrogen (secondary N) is 1. The SMILES string of the molecule is CCN(CC)S(=O)(=O)N1CCNCC1c1cccc(Cl)c1.Cl. The van der Waals surface area contributed by atoms with Crippen molar-refractivity contribution < 1.29 is 8.42 Å². The lowest BCUT2D eigenvalue weighted by Crippen LogP contribution is -2.53. The molecule has 5 nitrogen and oxygen atoms in total. The molecule has 1 fully saturated rings. The summed E-state index contributed by atoms with van der Waals surface area (Å²) in [5, 5.41) is 3.89. The van der Waals surface area contributed by atoms with Gasteiger partial charge in [-0.15, -0.1) is 12.4 Å². The van der Waals surface area contributed by atoms with E-state index in [-0.39, 0.29) is 18.4 Å². The van der Waals surface area contributed by atoms with Crippen LogP contribution in [0.1, 0.15) is 25.5 Å². The zero-order chi connectivity index (χ0) is 15.5. The number of piperazine rings is 1. The van der Waals surface area contributed by atoms with E-state index in [0.717, 1.165) is 5.56 Å². The Balaban J connectivity index is 0.00000242. The summed E-state index contributed by atoms with van der Waals surface area (Å²) in [7, 11) is -3.45. The Morgan fingerprint density at radius 1 is 1.36 bits per heavy atom. The van der Waals surface area contributed by atoms with Crippen molar-refractivity contribution >= 4 is 34.2 Å². The van der Waals surface area contributed by atoms with Crippen LogP contribution in [0.2, 0.25) is 5.02 Å². The molecule has 22 heavy (non-hydrogen) atoms. The highest BCUT2D eigenvalue weighted by Gasteiger charge is 2.36. The molecule has 1 saturated heterocycles. The van der Waals surface area contributed by atoms with Gasteiger partial charge in [-0.1, -0.05) is 37.6 Å². The molecule has 2 rings (SSSR count). The van der Waals surface area contributed by atoms with Gasteiger partial charge in [-0.3, -0.25) is 0 Å². The lowest BCUT2D eigenvalue weighted by Gasteiger charge is -2.38. The number of rotatable bonds is 5. The van der Waals surface area contributed by atoms with Crippen molar-refractivity contribution in [3.8, 4) is 0 Å². The van der Waals surface area contributed by atoms with Crippen molar-refractivity contribution in [1.29, 1.82) is 0 Å². The van der Waals surface area contributed by atoms with Crippen molar-refractivity contribution in [2.75, 3.05) is 32.7 Å². The zero-order valence-corrected chi connectivity index (χ0v) is 15.2. The summed E-state index contributed by atoms with van der Waals surface area (Å²) in [6.07, 6.45) is 0. The Bertz CT molecular complexity index is 579. The fourth-order valence-electron chi connectivity index (χ4n) is 2.66. The predicted molar refractivity (Wildman–Crippen MR) is 92.9 cm³/mol. The minimum atomic E-state index is -3.45. The van der Waals surface area contributed by atoms with E-state index < -0.39 is 10.2 Å². The van der Waals surface area contributed by atoms with E-state index in [1.807, 2.05) is 32.0 Å². The van der Waals surface area contributed by atoms with E-state index in [4.69, 9.17) is 11.6 Å². The molecule has 8 heteroatoms. The average Bonchev–Trinajstić information content (AvgIpc) is 2.48. The van der Waals surface area contributed by atoms with Gasteiger partial charge in [0.1, 0.15) is 0 Å². The molecule has 1 aromatic rings. The molecule has 0 aliphatic carbocycles. The van der Waals surface area contributed by atoms with Gasteiger partial charge in [0.25, 0.3) is 10.2 Å². The van der Waals surface area contributed by atoms with Gasteiger partial charge in [0, 0.05) is 37.7 Å². The van der Waals surface area contributed by atoms with E-state index in [1.165, 1.54) is 4.31 Å². The second kappa shape index (κ2) is 8.47. The Labute approximate surface area is 144 Å². The summed E-state index contributed by atoms with van der Waals surface area (Å²) < 4.78 is 28.7. The molecular weight excluding hydrogens is 345 g/mol. The maximum Gasteiger partial charge on any atom is 0.282 e. The normalized spacial score (nSPS) is 19.9. The molecule has 0 bridgehead atoms. The first kappa shape index (κ1) is 19.7. The van der Waals surface area contributed by atoms with Gasteiger partial charge < -0.3 is 5.32 Å². The van der Waals surface area contributed by atoms with Crippen molar-refractivity contribution in [3.63, 3.8) is 0 Å². The molecule has 1 aliphatic heterocycles. The van der Waals surface area contributed by atoms with E-state index in [0.29, 0.717) is 37.7 Å². The third-order valence-electron chi connectivity index (χ3n) is 3.76. The second-order valence-electron chi connectivity index (χ2n) is 4.98. The third-order valence-corrected chi connectivity index (χ3v) is 6.19. The molecule has 1 atom stereocenters. The van der Waals surface area contributed by atoms with E-state index in [9.17, 15) is 8.42 Å². The average molecular weight is 368 g/mol. The van der Waals surface area contributed by atoms with Crippen LogP contribution in [-0.2, 0) is 10.2 Å². The van der Waals surface area contributed by atoms with Crippen LogP contribution in [0.4, 0.5) is 0 Å². The first-order chi connectivity index (χ1) is 10.0. The highest BCUT2D eigenvalue weighted by Crippen LogP contribution is 2.28. The molecule has 1 heterocycles. The van der Waals surface area contributed by atoms with Crippen LogP contribution in [-0.4, -0.2) is 49.8 Å². The molecule has 0 aromatic heterocycles. The molecule has 0 radical (unpaired) electrons. The third kappa shape index (κ3) is 4.13. The van der Waals surface area contributed by atoms with Crippen LogP contribution in [0.3, 0.4) is 0 Å². The van der Waals surface area contributed by atoms with E-state index in [2.05, 4.69) is 5.32 Å². The first-order valence-electron chi connectivity index (χ1n) is 7.23. The van der Waals surface area contributed by atoms with E-state index >= 15 is 0 Å². The van der Waals surface area contributed by atoms with Gasteiger partial charge in [0.15, 0.2) is 0 Å². The summed E-state index contributed by atoms with van der Waals surface area (Å²) in [6, 6.07) is 7.19. The van der Waals surface area contributed by atoms with E-state index in [1.54, 1.807) is 10.4 Å². The number of nitrogens with zero attached hydrogens (tertiary/aromatic N) is 2. The van der Waals surface area contributed by atoms with Crippen molar-refractivity contribution in [1.82, 2.24) is 13.9 Å². The van der Waals surface area contributed by atoms with Crippen LogP contribution in [0.5, 0.6) is 0 Å². The van der Waals surface area contributed by atoms with Crippen LogP contribution >= 0.6 is 24.0 Å². The second-order valence-corrected chi connectivity index (χ2v) is 7.30. The highest BCUT2D eigenvalue weighted by molar-refractivity contribution is 7.86. The smallest absolute Gasteiger partial charge is 0.282 e. The molecule has 1 N–H and O–H groups in total. The van der Waals surface area contributed by atoms with Gasteiger partial charge in [-0.05, 0) is 17.7 Å². The zero-order valence-electron chi connectivity index (χ0n) is 12.8. The lowest BCUT2D eigenvalue weighted by molar-refractivity contribution is 0.249. The minimum Gasteiger partial charge on any atom is -0.313 e. The summed E-state index contributed by atoms with van der Waals surface area (Å²) >= 11 is 6.04. The highest BCUT2D eigenvalue weighted by atomic mass is 35.5. The number of hydrogen-bond acceptors (Lipinski definition) is 3.